The van der Waals surface area contributed by atoms with Crippen molar-refractivity contribution in [2.24, 2.45) is 29.6 Å². The highest BCUT2D eigenvalue weighted by Crippen LogP contribution is 2.70. The van der Waals surface area contributed by atoms with Crippen LogP contribution in [0.5, 0.6) is 0 Å². The maximum atomic E-state index is 3.82. The minimum atomic E-state index is 0.866. The van der Waals surface area contributed by atoms with Crippen LogP contribution in [0.4, 0.5) is 0 Å². The van der Waals surface area contributed by atoms with Crippen molar-refractivity contribution in [3.8, 4) is 0 Å². The molecule has 0 aromatic carbocycles. The van der Waals surface area contributed by atoms with E-state index in [1.807, 2.05) is 0 Å². The Morgan fingerprint density at radius 1 is 1.00 bits per heavy atom. The van der Waals surface area contributed by atoms with Crippen molar-refractivity contribution in [2.45, 2.75) is 71.3 Å². The Morgan fingerprint density at radius 3 is 2.33 bits per heavy atom. The van der Waals surface area contributed by atoms with Gasteiger partial charge in [0.05, 0.1) is 0 Å². The Hall–Kier alpha value is -0.0400. The summed E-state index contributed by atoms with van der Waals surface area (Å²) in [6.07, 6.45) is 11.9. The van der Waals surface area contributed by atoms with Crippen LogP contribution in [-0.2, 0) is 0 Å². The van der Waals surface area contributed by atoms with Gasteiger partial charge in [-0.1, -0.05) is 39.5 Å². The molecule has 3 fully saturated rings. The van der Waals surface area contributed by atoms with Crippen molar-refractivity contribution in [3.05, 3.63) is 0 Å². The third kappa shape index (κ3) is 2.24. The van der Waals surface area contributed by atoms with Gasteiger partial charge in [-0.25, -0.2) is 0 Å². The zero-order chi connectivity index (χ0) is 12.5. The highest BCUT2D eigenvalue weighted by Gasteiger charge is 2.66. The Balaban J connectivity index is 1.49. The molecule has 104 valence electrons. The normalized spacial score (nSPS) is 42.0. The quantitative estimate of drug-likeness (QED) is 0.635. The largest absolute Gasteiger partial charge is 0.314 e. The second kappa shape index (κ2) is 5.53. The van der Waals surface area contributed by atoms with Gasteiger partial charge in [0, 0.05) is 6.04 Å². The van der Waals surface area contributed by atoms with Crippen molar-refractivity contribution in [2.75, 3.05) is 6.54 Å². The monoisotopic (exact) mass is 249 g/mol. The smallest absolute Gasteiger partial charge is 0.0101 e. The fourth-order valence-electron chi connectivity index (χ4n) is 5.41. The first-order valence-corrected chi connectivity index (χ1v) is 8.60. The van der Waals surface area contributed by atoms with Crippen molar-refractivity contribution in [3.63, 3.8) is 0 Å². The third-order valence-electron chi connectivity index (χ3n) is 6.09. The zero-order valence-corrected chi connectivity index (χ0v) is 12.3. The summed E-state index contributed by atoms with van der Waals surface area (Å²) in [5.74, 6) is 5.67. The van der Waals surface area contributed by atoms with E-state index in [1.165, 1.54) is 38.6 Å². The molecule has 0 spiro atoms. The van der Waals surface area contributed by atoms with E-state index in [9.17, 15) is 0 Å². The van der Waals surface area contributed by atoms with Gasteiger partial charge >= 0.3 is 0 Å². The summed E-state index contributed by atoms with van der Waals surface area (Å²) < 4.78 is 0. The maximum Gasteiger partial charge on any atom is 0.0101 e. The molecular weight excluding hydrogens is 218 g/mol. The maximum absolute atomic E-state index is 3.82. The van der Waals surface area contributed by atoms with Crippen LogP contribution >= 0.6 is 0 Å². The molecule has 0 heterocycles. The Kier molecular flexibility index (Phi) is 3.98. The van der Waals surface area contributed by atoms with Crippen molar-refractivity contribution in [1.82, 2.24) is 5.32 Å². The van der Waals surface area contributed by atoms with Crippen LogP contribution in [0, 0.1) is 29.6 Å². The third-order valence-corrected chi connectivity index (χ3v) is 6.09. The predicted octanol–water partition coefficient (Wildman–Crippen LogP) is 4.23. The van der Waals surface area contributed by atoms with E-state index in [2.05, 4.69) is 19.2 Å². The first kappa shape index (κ1) is 13.0. The van der Waals surface area contributed by atoms with Gasteiger partial charge in [0.1, 0.15) is 0 Å². The minimum absolute atomic E-state index is 0.866. The van der Waals surface area contributed by atoms with Gasteiger partial charge in [-0.15, -0.1) is 0 Å². The number of hydrogen-bond donors (Lipinski definition) is 1. The van der Waals surface area contributed by atoms with Crippen molar-refractivity contribution >= 4 is 0 Å². The Labute approximate surface area is 113 Å². The summed E-state index contributed by atoms with van der Waals surface area (Å²) in [5, 5.41) is 3.82. The molecule has 3 aliphatic rings. The lowest BCUT2D eigenvalue weighted by Gasteiger charge is -2.21. The van der Waals surface area contributed by atoms with Gasteiger partial charge in [-0.2, -0.15) is 0 Å². The van der Waals surface area contributed by atoms with E-state index in [4.69, 9.17) is 0 Å². The number of nitrogens with one attached hydrogen (secondary N) is 1. The summed E-state index contributed by atoms with van der Waals surface area (Å²) in [4.78, 5) is 0. The molecule has 3 saturated carbocycles. The Bertz CT molecular complexity index is 259. The van der Waals surface area contributed by atoms with E-state index in [-0.39, 0.29) is 0 Å². The number of unbranched alkanes of at least 4 members (excludes halogenated alkanes) is 3. The molecule has 0 saturated heterocycles. The molecule has 3 rings (SSSR count). The molecule has 5 unspecified atom stereocenters. The lowest BCUT2D eigenvalue weighted by atomic mass is 9.94. The molecule has 1 nitrogen and oxygen atoms in total. The molecule has 18 heavy (non-hydrogen) atoms. The second-order valence-corrected chi connectivity index (χ2v) is 7.08. The zero-order valence-electron chi connectivity index (χ0n) is 12.3. The minimum Gasteiger partial charge on any atom is -0.314 e. The lowest BCUT2D eigenvalue weighted by Crippen LogP contribution is -2.33. The van der Waals surface area contributed by atoms with Crippen LogP contribution in [-0.4, -0.2) is 12.6 Å². The van der Waals surface area contributed by atoms with Crippen LogP contribution in [0.15, 0.2) is 0 Å². The van der Waals surface area contributed by atoms with Crippen LogP contribution in [0.3, 0.4) is 0 Å². The van der Waals surface area contributed by atoms with Crippen LogP contribution in [0.1, 0.15) is 65.2 Å². The average Bonchev–Trinajstić information content (AvgIpc) is 2.80. The molecule has 0 aromatic rings. The van der Waals surface area contributed by atoms with Gasteiger partial charge in [0.15, 0.2) is 0 Å². The lowest BCUT2D eigenvalue weighted by molar-refractivity contribution is 0.344. The number of rotatable bonds is 8. The average molecular weight is 249 g/mol. The van der Waals surface area contributed by atoms with Crippen LogP contribution in [0.2, 0.25) is 0 Å². The standard InChI is InChI=1S/C17H31N/c1-3-5-6-7-8-14(18-4-2)17-15-12-9-10-13(11-12)16(15)17/h12-18H,3-11H2,1-2H3. The first-order valence-electron chi connectivity index (χ1n) is 8.60. The molecule has 0 aliphatic heterocycles. The molecule has 3 aliphatic carbocycles. The SMILES string of the molecule is CCCCCCC(NCC)C1C2C3CCC(C3)C21. The van der Waals surface area contributed by atoms with E-state index in [0.29, 0.717) is 0 Å². The number of fused-ring (bicyclic) bond motifs is 5. The highest BCUT2D eigenvalue weighted by atomic mass is 14.9. The van der Waals surface area contributed by atoms with Crippen molar-refractivity contribution in [1.29, 1.82) is 0 Å². The summed E-state index contributed by atoms with van der Waals surface area (Å²) in [6, 6.07) is 0.866. The number of hydrogen-bond acceptors (Lipinski definition) is 1. The molecular formula is C17H31N. The van der Waals surface area contributed by atoms with E-state index in [1.54, 1.807) is 19.3 Å². The summed E-state index contributed by atoms with van der Waals surface area (Å²) in [5.41, 5.74) is 0. The fourth-order valence-corrected chi connectivity index (χ4v) is 5.41. The summed E-state index contributed by atoms with van der Waals surface area (Å²) in [7, 11) is 0. The van der Waals surface area contributed by atoms with E-state index < -0.39 is 0 Å². The van der Waals surface area contributed by atoms with E-state index >= 15 is 0 Å². The van der Waals surface area contributed by atoms with Gasteiger partial charge in [0.2, 0.25) is 0 Å². The highest BCUT2D eigenvalue weighted by molar-refractivity contribution is 5.15. The summed E-state index contributed by atoms with van der Waals surface area (Å²) >= 11 is 0. The van der Waals surface area contributed by atoms with Gasteiger partial charge in [-0.05, 0) is 61.8 Å². The molecule has 0 radical (unpaired) electrons. The van der Waals surface area contributed by atoms with Crippen LogP contribution < -0.4 is 5.32 Å². The van der Waals surface area contributed by atoms with Gasteiger partial charge in [0.25, 0.3) is 0 Å². The van der Waals surface area contributed by atoms with Crippen LogP contribution in [0.25, 0.3) is 0 Å². The molecule has 5 atom stereocenters. The summed E-state index contributed by atoms with van der Waals surface area (Å²) in [6.45, 7) is 5.76. The first-order chi connectivity index (χ1) is 8.86. The Morgan fingerprint density at radius 2 is 1.72 bits per heavy atom. The molecule has 1 N–H and O–H groups in total. The van der Waals surface area contributed by atoms with Gasteiger partial charge < -0.3 is 5.32 Å². The molecule has 0 aromatic heterocycles. The van der Waals surface area contributed by atoms with E-state index in [0.717, 1.165) is 35.6 Å². The molecule has 2 bridgehead atoms. The predicted molar refractivity (Wildman–Crippen MR) is 77.5 cm³/mol. The fraction of sp³-hybridized carbons (Fsp3) is 1.00. The second-order valence-electron chi connectivity index (χ2n) is 7.08. The molecule has 1 heteroatoms. The van der Waals surface area contributed by atoms with Gasteiger partial charge in [-0.3, -0.25) is 0 Å². The topological polar surface area (TPSA) is 12.0 Å². The molecule has 0 amide bonds. The van der Waals surface area contributed by atoms with Crippen molar-refractivity contribution < 1.29 is 0 Å².